The quantitative estimate of drug-likeness (QED) is 0.657. The second kappa shape index (κ2) is 8.56. The third kappa shape index (κ3) is 4.78. The van der Waals surface area contributed by atoms with Crippen LogP contribution in [-0.4, -0.2) is 32.7 Å². The minimum atomic E-state index is -3.36. The summed E-state index contributed by atoms with van der Waals surface area (Å²) in [6.07, 6.45) is 3.46. The summed E-state index contributed by atoms with van der Waals surface area (Å²) in [5.41, 5.74) is 0.825. The van der Waals surface area contributed by atoms with Crippen molar-refractivity contribution in [3.05, 3.63) is 71.4 Å². The van der Waals surface area contributed by atoms with E-state index in [0.717, 1.165) is 18.2 Å². The van der Waals surface area contributed by atoms with Gasteiger partial charge in [-0.2, -0.15) is 0 Å². The maximum Gasteiger partial charge on any atom is 0.258 e. The summed E-state index contributed by atoms with van der Waals surface area (Å²) in [6, 6.07) is 11.5. The first kappa shape index (κ1) is 20.1. The number of halogens is 1. The van der Waals surface area contributed by atoms with Crippen molar-refractivity contribution in [3.63, 3.8) is 0 Å². The lowest BCUT2D eigenvalue weighted by Crippen LogP contribution is -2.41. The third-order valence-electron chi connectivity index (χ3n) is 4.43. The van der Waals surface area contributed by atoms with Crippen molar-refractivity contribution < 1.29 is 22.3 Å². The Labute approximate surface area is 164 Å². The van der Waals surface area contributed by atoms with Crippen molar-refractivity contribution in [2.45, 2.75) is 25.8 Å². The molecule has 0 bridgehead atoms. The van der Waals surface area contributed by atoms with Crippen molar-refractivity contribution in [2.75, 3.05) is 17.3 Å². The first-order valence-electron chi connectivity index (χ1n) is 9.12. The van der Waals surface area contributed by atoms with Crippen LogP contribution in [0.3, 0.4) is 0 Å². The molecule has 0 spiro atoms. The van der Waals surface area contributed by atoms with E-state index in [-0.39, 0.29) is 11.7 Å². The highest BCUT2D eigenvalue weighted by Crippen LogP contribution is 2.26. The smallest absolute Gasteiger partial charge is 0.258 e. The van der Waals surface area contributed by atoms with Gasteiger partial charge in [0.1, 0.15) is 11.6 Å². The van der Waals surface area contributed by atoms with E-state index in [0.29, 0.717) is 23.6 Å². The monoisotopic (exact) mass is 403 g/mol. The van der Waals surface area contributed by atoms with Crippen molar-refractivity contribution in [1.82, 2.24) is 0 Å². The Balaban J connectivity index is 1.86. The molecule has 2 aromatic carbocycles. The van der Waals surface area contributed by atoms with Crippen molar-refractivity contribution in [3.8, 4) is 5.75 Å². The SMILES string of the molecule is CCCCOc1ccc(C(=O)N(c2ccc(F)cc2)[C@@H]2C=CS(=O)(=O)C2)cc1. The molecule has 0 aliphatic carbocycles. The van der Waals surface area contributed by atoms with Gasteiger partial charge in [-0.3, -0.25) is 4.79 Å². The van der Waals surface area contributed by atoms with Gasteiger partial charge in [0, 0.05) is 16.7 Å². The third-order valence-corrected chi connectivity index (χ3v) is 5.81. The van der Waals surface area contributed by atoms with Crippen LogP contribution in [0.25, 0.3) is 0 Å². The number of hydrogen-bond acceptors (Lipinski definition) is 4. The highest BCUT2D eigenvalue weighted by molar-refractivity contribution is 7.94. The molecule has 0 radical (unpaired) electrons. The van der Waals surface area contributed by atoms with Gasteiger partial charge in [-0.15, -0.1) is 0 Å². The molecule has 0 unspecified atom stereocenters. The van der Waals surface area contributed by atoms with Gasteiger partial charge in [0.2, 0.25) is 0 Å². The van der Waals surface area contributed by atoms with Crippen LogP contribution in [0.15, 0.2) is 60.0 Å². The topological polar surface area (TPSA) is 63.7 Å². The zero-order valence-corrected chi connectivity index (χ0v) is 16.4. The van der Waals surface area contributed by atoms with Crippen molar-refractivity contribution >= 4 is 21.4 Å². The van der Waals surface area contributed by atoms with Gasteiger partial charge in [-0.25, -0.2) is 12.8 Å². The van der Waals surface area contributed by atoms with Gasteiger partial charge in [-0.05, 0) is 61.0 Å². The first-order chi connectivity index (χ1) is 13.4. The second-order valence-electron chi connectivity index (χ2n) is 6.60. The molecule has 0 N–H and O–H groups in total. The maximum absolute atomic E-state index is 13.3. The fourth-order valence-corrected chi connectivity index (χ4v) is 4.22. The van der Waals surface area contributed by atoms with Gasteiger partial charge in [0.05, 0.1) is 18.4 Å². The van der Waals surface area contributed by atoms with Gasteiger partial charge in [-0.1, -0.05) is 13.3 Å². The minimum Gasteiger partial charge on any atom is -0.494 e. The summed E-state index contributed by atoms with van der Waals surface area (Å²) in [4.78, 5) is 14.5. The van der Waals surface area contributed by atoms with Gasteiger partial charge in [0.15, 0.2) is 9.84 Å². The number of ether oxygens (including phenoxy) is 1. The second-order valence-corrected chi connectivity index (χ2v) is 8.53. The highest BCUT2D eigenvalue weighted by atomic mass is 32.2. The predicted octanol–water partition coefficient (Wildman–Crippen LogP) is 3.96. The van der Waals surface area contributed by atoms with E-state index in [2.05, 4.69) is 6.92 Å². The molecule has 0 aromatic heterocycles. The van der Waals surface area contributed by atoms with E-state index in [4.69, 9.17) is 4.74 Å². The lowest BCUT2D eigenvalue weighted by Gasteiger charge is -2.28. The molecule has 1 aliphatic heterocycles. The Kier molecular flexibility index (Phi) is 6.14. The predicted molar refractivity (Wildman–Crippen MR) is 107 cm³/mol. The summed E-state index contributed by atoms with van der Waals surface area (Å²) in [7, 11) is -3.36. The number of sulfone groups is 1. The van der Waals surface area contributed by atoms with Crippen LogP contribution in [0.1, 0.15) is 30.1 Å². The summed E-state index contributed by atoms with van der Waals surface area (Å²) in [5, 5.41) is 1.12. The Morgan fingerprint density at radius 1 is 1.14 bits per heavy atom. The number of carbonyl (C=O) groups excluding carboxylic acids is 1. The van der Waals surface area contributed by atoms with Crippen molar-refractivity contribution in [1.29, 1.82) is 0 Å². The zero-order valence-electron chi connectivity index (χ0n) is 15.5. The van der Waals surface area contributed by atoms with Crippen LogP contribution in [0.4, 0.5) is 10.1 Å². The number of rotatable bonds is 7. The average Bonchev–Trinajstić information content (AvgIpc) is 3.03. The Hall–Kier alpha value is -2.67. The van der Waals surface area contributed by atoms with Gasteiger partial charge >= 0.3 is 0 Å². The Morgan fingerprint density at radius 2 is 1.82 bits per heavy atom. The van der Waals surface area contributed by atoms with E-state index in [1.165, 1.54) is 35.2 Å². The number of carbonyl (C=O) groups is 1. The number of benzene rings is 2. The highest BCUT2D eigenvalue weighted by Gasteiger charge is 2.32. The molecule has 0 saturated carbocycles. The standard InChI is InChI=1S/C21H22FNO4S/c1-2-3-13-27-20-10-4-16(5-11-20)21(24)23(18-8-6-17(22)7-9-18)19-12-14-28(25,26)15-19/h4-12,14,19H,2-3,13,15H2,1H3/t19-/m1/s1. The van der Waals surface area contributed by atoms with E-state index in [1.807, 2.05) is 0 Å². The molecule has 0 fully saturated rings. The lowest BCUT2D eigenvalue weighted by molar-refractivity contribution is 0.0983. The van der Waals surface area contributed by atoms with E-state index in [9.17, 15) is 17.6 Å². The van der Waals surface area contributed by atoms with Crippen LogP contribution in [0, 0.1) is 5.82 Å². The molecule has 1 amide bonds. The Bertz CT molecular complexity index is 953. The number of nitrogens with zero attached hydrogens (tertiary/aromatic N) is 1. The lowest BCUT2D eigenvalue weighted by atomic mass is 10.1. The van der Waals surface area contributed by atoms with Crippen molar-refractivity contribution in [2.24, 2.45) is 0 Å². The van der Waals surface area contributed by atoms with E-state index < -0.39 is 21.7 Å². The van der Waals surface area contributed by atoms with Crippen LogP contribution >= 0.6 is 0 Å². The number of anilines is 1. The van der Waals surface area contributed by atoms with E-state index in [1.54, 1.807) is 24.3 Å². The maximum atomic E-state index is 13.3. The fraction of sp³-hybridized carbons (Fsp3) is 0.286. The molecule has 7 heteroatoms. The number of unbranched alkanes of at least 4 members (excludes halogenated alkanes) is 1. The summed E-state index contributed by atoms with van der Waals surface area (Å²) < 4.78 is 42.6. The normalized spacial score (nSPS) is 17.4. The van der Waals surface area contributed by atoms with Gasteiger partial charge < -0.3 is 9.64 Å². The van der Waals surface area contributed by atoms with Gasteiger partial charge in [0.25, 0.3) is 5.91 Å². The molecule has 1 aliphatic rings. The molecule has 1 atom stereocenters. The van der Waals surface area contributed by atoms with Crippen LogP contribution in [-0.2, 0) is 9.84 Å². The zero-order chi connectivity index (χ0) is 20.1. The molecular weight excluding hydrogens is 381 g/mol. The summed E-state index contributed by atoms with van der Waals surface area (Å²) in [5.74, 6) is -0.326. The minimum absolute atomic E-state index is 0.200. The molecule has 5 nitrogen and oxygen atoms in total. The molecule has 3 rings (SSSR count). The molecule has 2 aromatic rings. The largest absolute Gasteiger partial charge is 0.494 e. The fourth-order valence-electron chi connectivity index (χ4n) is 2.95. The van der Waals surface area contributed by atoms with E-state index >= 15 is 0 Å². The molecule has 148 valence electrons. The van der Waals surface area contributed by atoms with Crippen LogP contribution < -0.4 is 9.64 Å². The number of hydrogen-bond donors (Lipinski definition) is 0. The number of amides is 1. The molecule has 1 heterocycles. The molecular formula is C21H22FNO4S. The average molecular weight is 403 g/mol. The summed E-state index contributed by atoms with van der Waals surface area (Å²) in [6.45, 7) is 2.68. The first-order valence-corrected chi connectivity index (χ1v) is 10.8. The van der Waals surface area contributed by atoms with Crippen LogP contribution in [0.2, 0.25) is 0 Å². The molecule has 0 saturated heterocycles. The summed E-state index contributed by atoms with van der Waals surface area (Å²) >= 11 is 0. The molecule has 28 heavy (non-hydrogen) atoms. The van der Waals surface area contributed by atoms with Crippen LogP contribution in [0.5, 0.6) is 5.75 Å². The Morgan fingerprint density at radius 3 is 2.39 bits per heavy atom.